The first-order chi connectivity index (χ1) is 9.08. The number of carbonyl (C=O) groups is 1. The zero-order valence-electron chi connectivity index (χ0n) is 10.0. The first-order valence-electron chi connectivity index (χ1n) is 5.64. The van der Waals surface area contributed by atoms with Crippen molar-refractivity contribution in [3.63, 3.8) is 0 Å². The molecule has 0 bridgehead atoms. The Morgan fingerprint density at radius 1 is 0.895 bits per heavy atom. The first-order valence-corrected chi connectivity index (χ1v) is 7.05. The van der Waals surface area contributed by atoms with E-state index in [0.29, 0.717) is 5.56 Å². The van der Waals surface area contributed by atoms with E-state index in [0.717, 1.165) is 0 Å². The predicted octanol–water partition coefficient (Wildman–Crippen LogP) is 2.16. The van der Waals surface area contributed by atoms with Gasteiger partial charge in [-0.15, -0.1) is 0 Å². The summed E-state index contributed by atoms with van der Waals surface area (Å²) in [5, 5.41) is -0.956. The van der Waals surface area contributed by atoms with Gasteiger partial charge >= 0.3 is 10.1 Å². The van der Waals surface area contributed by atoms with Gasteiger partial charge in [-0.3, -0.25) is 4.79 Å². The average Bonchev–Trinajstić information content (AvgIpc) is 2.40. The van der Waals surface area contributed by atoms with E-state index in [9.17, 15) is 13.2 Å². The number of rotatable bonds is 4. The second kappa shape index (κ2) is 5.67. The maximum Gasteiger partial charge on any atom is 0.373 e. The Kier molecular flexibility index (Phi) is 3.97. The van der Waals surface area contributed by atoms with Gasteiger partial charge in [0.25, 0.3) is 5.12 Å². The van der Waals surface area contributed by atoms with E-state index in [-0.39, 0.29) is 12.2 Å². The first kappa shape index (κ1) is 13.3. The summed E-state index contributed by atoms with van der Waals surface area (Å²) >= 11 is 0. The fraction of sp³-hybridized carbons (Fsp3) is 0.0714. The molecular formula is C14H12O4S. The minimum atomic E-state index is -4.25. The quantitative estimate of drug-likeness (QED) is 0.803. The van der Waals surface area contributed by atoms with Gasteiger partial charge in [0, 0.05) is 0 Å². The zero-order valence-corrected chi connectivity index (χ0v) is 10.8. The van der Waals surface area contributed by atoms with Crippen molar-refractivity contribution >= 4 is 15.2 Å². The van der Waals surface area contributed by atoms with E-state index in [1.54, 1.807) is 48.5 Å². The third-order valence-corrected chi connectivity index (χ3v) is 3.53. The smallest absolute Gasteiger partial charge is 0.373 e. The third-order valence-electron chi connectivity index (χ3n) is 2.42. The zero-order chi connectivity index (χ0) is 13.7. The molecule has 19 heavy (non-hydrogen) atoms. The molecule has 98 valence electrons. The molecule has 2 aromatic rings. The van der Waals surface area contributed by atoms with E-state index < -0.39 is 15.2 Å². The minimum absolute atomic E-state index is 0.129. The molecule has 0 atom stereocenters. The molecule has 2 aromatic carbocycles. The fourth-order valence-electron chi connectivity index (χ4n) is 1.50. The van der Waals surface area contributed by atoms with Gasteiger partial charge in [0.1, 0.15) is 5.75 Å². The van der Waals surface area contributed by atoms with Crippen molar-refractivity contribution in [2.24, 2.45) is 0 Å². The van der Waals surface area contributed by atoms with Gasteiger partial charge in [0.05, 0.1) is 6.42 Å². The van der Waals surface area contributed by atoms with Gasteiger partial charge in [-0.2, -0.15) is 8.42 Å². The van der Waals surface area contributed by atoms with Crippen molar-refractivity contribution in [1.29, 1.82) is 0 Å². The Morgan fingerprint density at radius 2 is 1.42 bits per heavy atom. The SMILES string of the molecule is O=C(Cc1ccccc1)S(=O)(=O)Oc1ccccc1. The normalized spacial score (nSPS) is 10.9. The molecule has 5 heteroatoms. The van der Waals surface area contributed by atoms with Gasteiger partial charge < -0.3 is 4.18 Å². The second-order valence-electron chi connectivity index (χ2n) is 3.88. The van der Waals surface area contributed by atoms with E-state index in [1.807, 2.05) is 0 Å². The highest BCUT2D eigenvalue weighted by atomic mass is 32.2. The van der Waals surface area contributed by atoms with Crippen LogP contribution >= 0.6 is 0 Å². The number of benzene rings is 2. The topological polar surface area (TPSA) is 60.4 Å². The highest BCUT2D eigenvalue weighted by Crippen LogP contribution is 2.13. The lowest BCUT2D eigenvalue weighted by atomic mass is 10.2. The fourth-order valence-corrected chi connectivity index (χ4v) is 2.30. The largest absolute Gasteiger partial charge is 0.377 e. The molecule has 0 aliphatic heterocycles. The predicted molar refractivity (Wildman–Crippen MR) is 71.1 cm³/mol. The van der Waals surface area contributed by atoms with E-state index in [1.165, 1.54) is 12.1 Å². The van der Waals surface area contributed by atoms with Crippen LogP contribution in [0.15, 0.2) is 60.7 Å². The molecule has 0 aromatic heterocycles. The van der Waals surface area contributed by atoms with Crippen LogP contribution in [-0.2, 0) is 21.3 Å². The van der Waals surface area contributed by atoms with Crippen molar-refractivity contribution < 1.29 is 17.4 Å². The molecule has 0 aliphatic rings. The average molecular weight is 276 g/mol. The van der Waals surface area contributed by atoms with E-state index in [4.69, 9.17) is 4.18 Å². The van der Waals surface area contributed by atoms with Crippen molar-refractivity contribution in [1.82, 2.24) is 0 Å². The van der Waals surface area contributed by atoms with Crippen molar-refractivity contribution in [3.8, 4) is 5.75 Å². The molecule has 0 unspecified atom stereocenters. The Bertz CT molecular complexity index is 648. The Balaban J connectivity index is 2.10. The maximum absolute atomic E-state index is 11.7. The highest BCUT2D eigenvalue weighted by molar-refractivity contribution is 8.02. The molecule has 0 radical (unpaired) electrons. The van der Waals surface area contributed by atoms with Gasteiger partial charge in [0.2, 0.25) is 0 Å². The molecule has 0 N–H and O–H groups in total. The molecule has 4 nitrogen and oxygen atoms in total. The van der Waals surface area contributed by atoms with Crippen LogP contribution in [-0.4, -0.2) is 13.5 Å². The number of para-hydroxylation sites is 1. The standard InChI is InChI=1S/C14H12O4S/c15-14(11-12-7-3-1-4-8-12)19(16,17)18-13-9-5-2-6-10-13/h1-10H,11H2. The molecule has 0 saturated heterocycles. The summed E-state index contributed by atoms with van der Waals surface area (Å²) in [7, 11) is -4.25. The molecule has 0 heterocycles. The summed E-state index contributed by atoms with van der Waals surface area (Å²) in [5.74, 6) is 0.129. The van der Waals surface area contributed by atoms with Crippen LogP contribution in [0.4, 0.5) is 0 Å². The summed E-state index contributed by atoms with van der Waals surface area (Å²) in [6.45, 7) is 0. The van der Waals surface area contributed by atoms with Crippen LogP contribution in [0.25, 0.3) is 0 Å². The van der Waals surface area contributed by atoms with Gasteiger partial charge in [-0.25, -0.2) is 0 Å². The van der Waals surface area contributed by atoms with Crippen LogP contribution in [0.3, 0.4) is 0 Å². The number of hydrogen-bond donors (Lipinski definition) is 0. The van der Waals surface area contributed by atoms with Gasteiger partial charge in [-0.05, 0) is 17.7 Å². The summed E-state index contributed by atoms with van der Waals surface area (Å²) in [4.78, 5) is 11.7. The van der Waals surface area contributed by atoms with Crippen LogP contribution in [0.1, 0.15) is 5.56 Å². The van der Waals surface area contributed by atoms with Crippen molar-refractivity contribution in [3.05, 3.63) is 66.2 Å². The van der Waals surface area contributed by atoms with Crippen LogP contribution in [0.2, 0.25) is 0 Å². The minimum Gasteiger partial charge on any atom is -0.377 e. The van der Waals surface area contributed by atoms with Gasteiger partial charge in [0.15, 0.2) is 0 Å². The molecule has 0 amide bonds. The summed E-state index contributed by atoms with van der Waals surface area (Å²) in [6, 6.07) is 16.6. The lowest BCUT2D eigenvalue weighted by molar-refractivity contribution is -0.111. The summed E-state index contributed by atoms with van der Waals surface area (Å²) in [5.41, 5.74) is 0.632. The molecule has 0 fully saturated rings. The lowest BCUT2D eigenvalue weighted by Gasteiger charge is -2.05. The van der Waals surface area contributed by atoms with Crippen LogP contribution in [0, 0.1) is 0 Å². The molecular weight excluding hydrogens is 264 g/mol. The van der Waals surface area contributed by atoms with E-state index in [2.05, 4.69) is 0 Å². The van der Waals surface area contributed by atoms with Crippen molar-refractivity contribution in [2.45, 2.75) is 6.42 Å². The molecule has 0 spiro atoms. The summed E-state index contributed by atoms with van der Waals surface area (Å²) in [6.07, 6.45) is -0.198. The van der Waals surface area contributed by atoms with Crippen LogP contribution < -0.4 is 4.18 Å². The number of carbonyl (C=O) groups excluding carboxylic acids is 1. The summed E-state index contributed by atoms with van der Waals surface area (Å²) < 4.78 is 28.2. The third kappa shape index (κ3) is 3.66. The van der Waals surface area contributed by atoms with E-state index >= 15 is 0 Å². The molecule has 2 rings (SSSR count). The Labute approximate surface area is 111 Å². The molecule has 0 aliphatic carbocycles. The Hall–Kier alpha value is -2.14. The molecule has 0 saturated carbocycles. The Morgan fingerprint density at radius 3 is 2.00 bits per heavy atom. The van der Waals surface area contributed by atoms with Gasteiger partial charge in [-0.1, -0.05) is 48.5 Å². The second-order valence-corrected chi connectivity index (χ2v) is 5.42. The highest BCUT2D eigenvalue weighted by Gasteiger charge is 2.24. The van der Waals surface area contributed by atoms with Crippen LogP contribution in [0.5, 0.6) is 5.75 Å². The monoisotopic (exact) mass is 276 g/mol. The lowest BCUT2D eigenvalue weighted by Crippen LogP contribution is -2.22. The maximum atomic E-state index is 11.7. The number of hydrogen-bond acceptors (Lipinski definition) is 4. The van der Waals surface area contributed by atoms with Crippen molar-refractivity contribution in [2.75, 3.05) is 0 Å².